The molecule has 0 heterocycles. The maximum Gasteiger partial charge on any atom is 0.00718 e. The van der Waals surface area contributed by atoms with E-state index in [0.717, 1.165) is 11.8 Å². The van der Waals surface area contributed by atoms with Crippen LogP contribution in [0.25, 0.3) is 0 Å². The molecule has 0 aliphatic carbocycles. The third-order valence-electron chi connectivity index (χ3n) is 3.23. The van der Waals surface area contributed by atoms with E-state index in [1.54, 1.807) is 0 Å². The van der Waals surface area contributed by atoms with Crippen LogP contribution in [0.5, 0.6) is 0 Å². The summed E-state index contributed by atoms with van der Waals surface area (Å²) in [5.41, 5.74) is 2.94. The molecule has 0 aliphatic rings. The van der Waals surface area contributed by atoms with Crippen molar-refractivity contribution in [2.75, 3.05) is 5.33 Å². The highest BCUT2D eigenvalue weighted by Gasteiger charge is 1.95. The Morgan fingerprint density at radius 1 is 0.765 bits per heavy atom. The summed E-state index contributed by atoms with van der Waals surface area (Å²) in [6.07, 6.45) is 10.7. The van der Waals surface area contributed by atoms with Gasteiger partial charge in [0.15, 0.2) is 0 Å². The van der Waals surface area contributed by atoms with Gasteiger partial charge in [-0.2, -0.15) is 0 Å². The van der Waals surface area contributed by atoms with Gasteiger partial charge in [0.05, 0.1) is 0 Å². The van der Waals surface area contributed by atoms with E-state index in [1.807, 2.05) is 0 Å². The molecule has 1 aromatic carbocycles. The maximum atomic E-state index is 3.48. The number of aryl methyl sites for hydroxylation is 2. The molecule has 0 bridgehead atoms. The van der Waals surface area contributed by atoms with Gasteiger partial charge in [-0.05, 0) is 30.4 Å². The van der Waals surface area contributed by atoms with Crippen molar-refractivity contribution in [2.24, 2.45) is 0 Å². The predicted molar refractivity (Wildman–Crippen MR) is 81.0 cm³/mol. The molecule has 0 aromatic heterocycles. The van der Waals surface area contributed by atoms with Crippen molar-refractivity contribution in [1.29, 1.82) is 0 Å². The molecule has 0 saturated carbocycles. The Labute approximate surface area is 115 Å². The lowest BCUT2D eigenvalue weighted by atomic mass is 10.0. The summed E-state index contributed by atoms with van der Waals surface area (Å²) in [5, 5.41) is 1.06. The minimum Gasteiger partial charge on any atom is -0.0924 e. The highest BCUT2D eigenvalue weighted by atomic mass is 79.9. The van der Waals surface area contributed by atoms with Crippen molar-refractivity contribution >= 4 is 15.9 Å². The first-order valence-corrected chi connectivity index (χ1v) is 8.12. The quantitative estimate of drug-likeness (QED) is 0.415. The summed E-state index contributed by atoms with van der Waals surface area (Å²) in [5.74, 6) is 0. The number of rotatable bonds is 9. The molecule has 0 fully saturated rings. The summed E-state index contributed by atoms with van der Waals surface area (Å²) < 4.78 is 0. The van der Waals surface area contributed by atoms with Crippen molar-refractivity contribution in [3.63, 3.8) is 0 Å². The van der Waals surface area contributed by atoms with Gasteiger partial charge in [-0.3, -0.25) is 0 Å². The standard InChI is InChI=1S/C16H25Br/c1-2-3-4-5-6-7-8-15-9-11-16(12-10-15)13-14-17/h9-12H,2-8,13-14H2,1H3. The lowest BCUT2D eigenvalue weighted by molar-refractivity contribution is 0.607. The molecule has 0 atom stereocenters. The Bertz CT molecular complexity index is 276. The molecule has 0 amide bonds. The summed E-state index contributed by atoms with van der Waals surface area (Å²) in [6, 6.07) is 9.13. The minimum atomic E-state index is 1.06. The van der Waals surface area contributed by atoms with Crippen LogP contribution in [-0.2, 0) is 12.8 Å². The van der Waals surface area contributed by atoms with Crippen molar-refractivity contribution in [2.45, 2.75) is 58.3 Å². The third kappa shape index (κ3) is 6.88. The van der Waals surface area contributed by atoms with Crippen molar-refractivity contribution in [1.82, 2.24) is 0 Å². The maximum absolute atomic E-state index is 3.48. The lowest BCUT2D eigenvalue weighted by Crippen LogP contribution is -1.89. The second-order valence-corrected chi connectivity index (χ2v) is 5.57. The van der Waals surface area contributed by atoms with Crippen LogP contribution in [0.15, 0.2) is 24.3 Å². The summed E-state index contributed by atoms with van der Waals surface area (Å²) in [4.78, 5) is 0. The SMILES string of the molecule is CCCCCCCCc1ccc(CCBr)cc1. The Morgan fingerprint density at radius 3 is 1.88 bits per heavy atom. The van der Waals surface area contributed by atoms with E-state index >= 15 is 0 Å². The molecule has 1 aromatic rings. The van der Waals surface area contributed by atoms with Crippen LogP contribution in [0.1, 0.15) is 56.6 Å². The van der Waals surface area contributed by atoms with Crippen molar-refractivity contribution in [3.05, 3.63) is 35.4 Å². The Kier molecular flexibility index (Phi) is 8.42. The van der Waals surface area contributed by atoms with Gasteiger partial charge < -0.3 is 0 Å². The third-order valence-corrected chi connectivity index (χ3v) is 3.62. The van der Waals surface area contributed by atoms with E-state index in [0.29, 0.717) is 0 Å². The van der Waals surface area contributed by atoms with Crippen molar-refractivity contribution in [3.8, 4) is 0 Å². The van der Waals surface area contributed by atoms with Crippen LogP contribution in [0.3, 0.4) is 0 Å². The fraction of sp³-hybridized carbons (Fsp3) is 0.625. The van der Waals surface area contributed by atoms with Gasteiger partial charge >= 0.3 is 0 Å². The molecule has 1 rings (SSSR count). The topological polar surface area (TPSA) is 0 Å². The molecule has 0 N–H and O–H groups in total. The normalized spacial score (nSPS) is 10.7. The Hall–Kier alpha value is -0.300. The van der Waals surface area contributed by atoms with Gasteiger partial charge in [-0.15, -0.1) is 0 Å². The molecule has 0 spiro atoms. The summed E-state index contributed by atoms with van der Waals surface area (Å²) in [6.45, 7) is 2.27. The molecule has 1 heteroatoms. The molecule has 0 aliphatic heterocycles. The van der Waals surface area contributed by atoms with E-state index in [1.165, 1.54) is 56.1 Å². The van der Waals surface area contributed by atoms with E-state index in [4.69, 9.17) is 0 Å². The van der Waals surface area contributed by atoms with Crippen molar-refractivity contribution < 1.29 is 0 Å². The molecule has 96 valence electrons. The predicted octanol–water partition coefficient (Wildman–Crippen LogP) is 5.53. The highest BCUT2D eigenvalue weighted by Crippen LogP contribution is 2.11. The Morgan fingerprint density at radius 2 is 1.29 bits per heavy atom. The van der Waals surface area contributed by atoms with Gasteiger partial charge in [0, 0.05) is 5.33 Å². The van der Waals surface area contributed by atoms with E-state index in [9.17, 15) is 0 Å². The zero-order valence-electron chi connectivity index (χ0n) is 11.1. The van der Waals surface area contributed by atoms with E-state index in [-0.39, 0.29) is 0 Å². The highest BCUT2D eigenvalue weighted by molar-refractivity contribution is 9.09. The summed E-state index contributed by atoms with van der Waals surface area (Å²) >= 11 is 3.48. The second kappa shape index (κ2) is 9.70. The number of benzene rings is 1. The first kappa shape index (κ1) is 14.8. The van der Waals surface area contributed by atoms with Gasteiger partial charge in [-0.25, -0.2) is 0 Å². The van der Waals surface area contributed by atoms with Crippen LogP contribution in [0.2, 0.25) is 0 Å². The van der Waals surface area contributed by atoms with Gasteiger partial charge in [0.1, 0.15) is 0 Å². The molecular formula is C16H25Br. The average molecular weight is 297 g/mol. The van der Waals surface area contributed by atoms with E-state index in [2.05, 4.69) is 47.1 Å². The molecule has 17 heavy (non-hydrogen) atoms. The first-order valence-electron chi connectivity index (χ1n) is 7.00. The molecule has 0 saturated heterocycles. The van der Waals surface area contributed by atoms with Crippen LogP contribution in [-0.4, -0.2) is 5.33 Å². The average Bonchev–Trinajstić information content (AvgIpc) is 2.36. The first-order chi connectivity index (χ1) is 8.36. The number of halogens is 1. The largest absolute Gasteiger partial charge is 0.0924 e. The van der Waals surface area contributed by atoms with Gasteiger partial charge in [0.25, 0.3) is 0 Å². The van der Waals surface area contributed by atoms with Gasteiger partial charge in [-0.1, -0.05) is 79.2 Å². The molecule has 0 unspecified atom stereocenters. The van der Waals surface area contributed by atoms with Crippen LogP contribution in [0.4, 0.5) is 0 Å². The number of unbranched alkanes of at least 4 members (excludes halogenated alkanes) is 5. The Balaban J connectivity index is 2.14. The molecular weight excluding hydrogens is 272 g/mol. The minimum absolute atomic E-state index is 1.06. The number of hydrogen-bond acceptors (Lipinski definition) is 0. The summed E-state index contributed by atoms with van der Waals surface area (Å²) in [7, 11) is 0. The smallest absolute Gasteiger partial charge is 0.00718 e. The fourth-order valence-corrected chi connectivity index (χ4v) is 2.55. The fourth-order valence-electron chi connectivity index (χ4n) is 2.09. The zero-order valence-corrected chi connectivity index (χ0v) is 12.6. The monoisotopic (exact) mass is 296 g/mol. The zero-order chi connectivity index (χ0) is 12.3. The second-order valence-electron chi connectivity index (χ2n) is 4.77. The number of alkyl halides is 1. The van der Waals surface area contributed by atoms with Gasteiger partial charge in [0.2, 0.25) is 0 Å². The van der Waals surface area contributed by atoms with Crippen LogP contribution >= 0.6 is 15.9 Å². The van der Waals surface area contributed by atoms with Crippen LogP contribution in [0, 0.1) is 0 Å². The lowest BCUT2D eigenvalue weighted by Gasteiger charge is -2.03. The molecule has 0 nitrogen and oxygen atoms in total. The van der Waals surface area contributed by atoms with E-state index < -0.39 is 0 Å². The van der Waals surface area contributed by atoms with Crippen LogP contribution < -0.4 is 0 Å². The molecule has 0 radical (unpaired) electrons. The number of hydrogen-bond donors (Lipinski definition) is 0.